The van der Waals surface area contributed by atoms with Gasteiger partial charge >= 0.3 is 5.97 Å². The number of rotatable bonds is 11. The molecule has 2 amide bonds. The second-order valence-electron chi connectivity index (χ2n) is 9.81. The van der Waals surface area contributed by atoms with E-state index in [1.807, 2.05) is 31.2 Å². The smallest absolute Gasteiger partial charge is 0.310 e. The molecule has 6 atom stereocenters. The SMILES string of the molecule is C=CCN(C(=O)[C@H]1N([C@@H](CC)CO)C(=O)[C@@H]2[C@@H](C(=O)O)[C@H]3CC[C@]21O3)c1ccc(N(CC)CC)cc1. The van der Waals surface area contributed by atoms with E-state index in [-0.39, 0.29) is 19.1 Å². The number of nitrogens with zero attached hydrogens (tertiary/aromatic N) is 3. The van der Waals surface area contributed by atoms with E-state index >= 15 is 0 Å². The molecule has 2 N–H and O–H groups in total. The molecule has 0 unspecified atom stereocenters. The van der Waals surface area contributed by atoms with Gasteiger partial charge in [0.2, 0.25) is 5.91 Å². The van der Waals surface area contributed by atoms with Crippen LogP contribution in [0.4, 0.5) is 11.4 Å². The molecule has 36 heavy (non-hydrogen) atoms. The summed E-state index contributed by atoms with van der Waals surface area (Å²) >= 11 is 0. The summed E-state index contributed by atoms with van der Waals surface area (Å²) in [5.41, 5.74) is 0.479. The van der Waals surface area contributed by atoms with Crippen molar-refractivity contribution in [1.82, 2.24) is 4.90 Å². The van der Waals surface area contributed by atoms with Crippen LogP contribution >= 0.6 is 0 Å². The standard InChI is InChI=1S/C27H37N3O6/c1-5-15-29(19-11-9-18(10-12-19)28(7-3)8-4)25(33)23-27-14-13-20(36-27)21(26(34)35)22(27)24(32)30(23)17(6-2)16-31/h5,9-12,17,20-23,31H,1,6-8,13-16H2,2-4H3,(H,34,35)/t17-,20+,21-,22-,23+,27-/m0/s1. The fraction of sp³-hybridized carbons (Fsp3) is 0.593. The highest BCUT2D eigenvalue weighted by atomic mass is 16.5. The van der Waals surface area contributed by atoms with Crippen molar-refractivity contribution in [3.8, 4) is 0 Å². The van der Waals surface area contributed by atoms with E-state index in [2.05, 4.69) is 25.3 Å². The first-order valence-electron chi connectivity index (χ1n) is 12.9. The van der Waals surface area contributed by atoms with Gasteiger partial charge in [-0.1, -0.05) is 13.0 Å². The van der Waals surface area contributed by atoms with Gasteiger partial charge in [-0.3, -0.25) is 14.4 Å². The van der Waals surface area contributed by atoms with Gasteiger partial charge in [-0.15, -0.1) is 6.58 Å². The molecule has 2 bridgehead atoms. The van der Waals surface area contributed by atoms with E-state index in [1.54, 1.807) is 11.0 Å². The van der Waals surface area contributed by atoms with Crippen LogP contribution in [0.1, 0.15) is 40.0 Å². The van der Waals surface area contributed by atoms with Gasteiger partial charge in [0.05, 0.1) is 30.6 Å². The number of hydrogen-bond donors (Lipinski definition) is 2. The molecular weight excluding hydrogens is 462 g/mol. The second kappa shape index (κ2) is 10.2. The lowest BCUT2D eigenvalue weighted by Gasteiger charge is -2.39. The van der Waals surface area contributed by atoms with Crippen LogP contribution in [0.3, 0.4) is 0 Å². The molecule has 4 rings (SSSR count). The van der Waals surface area contributed by atoms with Gasteiger partial charge in [-0.2, -0.15) is 0 Å². The number of ether oxygens (including phenoxy) is 1. The minimum atomic E-state index is -1.22. The second-order valence-corrected chi connectivity index (χ2v) is 9.81. The first-order chi connectivity index (χ1) is 17.3. The maximum Gasteiger partial charge on any atom is 0.310 e. The van der Waals surface area contributed by atoms with Crippen molar-refractivity contribution in [2.45, 2.75) is 63.8 Å². The fourth-order valence-electron chi connectivity index (χ4n) is 6.49. The maximum absolute atomic E-state index is 14.3. The van der Waals surface area contributed by atoms with Crippen molar-refractivity contribution in [2.75, 3.05) is 36.0 Å². The van der Waals surface area contributed by atoms with E-state index < -0.39 is 47.5 Å². The van der Waals surface area contributed by atoms with Crippen LogP contribution < -0.4 is 9.80 Å². The summed E-state index contributed by atoms with van der Waals surface area (Å²) in [5.74, 6) is -3.79. The molecule has 3 aliphatic heterocycles. The normalized spacial score (nSPS) is 29.2. The van der Waals surface area contributed by atoms with Gasteiger partial charge in [-0.05, 0) is 57.4 Å². The lowest BCUT2D eigenvalue weighted by Crippen LogP contribution is -2.59. The minimum absolute atomic E-state index is 0.213. The van der Waals surface area contributed by atoms with E-state index in [1.165, 1.54) is 4.90 Å². The lowest BCUT2D eigenvalue weighted by atomic mass is 9.70. The Morgan fingerprint density at radius 2 is 1.86 bits per heavy atom. The van der Waals surface area contributed by atoms with Gasteiger partial charge in [-0.25, -0.2) is 0 Å². The van der Waals surface area contributed by atoms with Gasteiger partial charge in [0.15, 0.2) is 0 Å². The van der Waals surface area contributed by atoms with Crippen LogP contribution in [0, 0.1) is 11.8 Å². The average Bonchev–Trinajstić information content (AvgIpc) is 3.52. The Balaban J connectivity index is 1.76. The van der Waals surface area contributed by atoms with E-state index in [0.717, 1.165) is 18.8 Å². The number of amides is 2. The van der Waals surface area contributed by atoms with Crippen LogP contribution in [0.25, 0.3) is 0 Å². The third-order valence-electron chi connectivity index (χ3n) is 8.20. The number of hydrogen-bond acceptors (Lipinski definition) is 6. The Labute approximate surface area is 212 Å². The van der Waals surface area contributed by atoms with Crippen molar-refractivity contribution in [1.29, 1.82) is 0 Å². The Bertz CT molecular complexity index is 1010. The molecule has 9 heteroatoms. The monoisotopic (exact) mass is 499 g/mol. The van der Waals surface area contributed by atoms with Gasteiger partial charge in [0.25, 0.3) is 5.91 Å². The van der Waals surface area contributed by atoms with Crippen LogP contribution in [0.15, 0.2) is 36.9 Å². The van der Waals surface area contributed by atoms with Crippen molar-refractivity contribution in [3.05, 3.63) is 36.9 Å². The summed E-state index contributed by atoms with van der Waals surface area (Å²) in [6.45, 7) is 11.4. The Kier molecular flexibility index (Phi) is 7.43. The number of likely N-dealkylation sites (tertiary alicyclic amines) is 1. The summed E-state index contributed by atoms with van der Waals surface area (Å²) in [6, 6.07) is 6.04. The van der Waals surface area contributed by atoms with Crippen LogP contribution in [0.5, 0.6) is 0 Å². The van der Waals surface area contributed by atoms with E-state index in [0.29, 0.717) is 24.9 Å². The summed E-state index contributed by atoms with van der Waals surface area (Å²) in [6.07, 6.45) is 2.37. The lowest BCUT2D eigenvalue weighted by molar-refractivity contribution is -0.151. The predicted octanol–water partition coefficient (Wildman–Crippen LogP) is 2.28. The van der Waals surface area contributed by atoms with Crippen molar-refractivity contribution >= 4 is 29.2 Å². The number of carboxylic acids is 1. The molecule has 1 spiro atoms. The number of benzene rings is 1. The zero-order valence-electron chi connectivity index (χ0n) is 21.3. The third kappa shape index (κ3) is 3.89. The van der Waals surface area contributed by atoms with Crippen LogP contribution in [0.2, 0.25) is 0 Å². The molecule has 196 valence electrons. The first kappa shape index (κ1) is 26.2. The Hall–Kier alpha value is -2.91. The molecule has 0 radical (unpaired) electrons. The first-order valence-corrected chi connectivity index (χ1v) is 12.9. The number of carbonyl (C=O) groups is 3. The number of aliphatic hydroxyl groups excluding tert-OH is 1. The Morgan fingerprint density at radius 3 is 2.39 bits per heavy atom. The number of carbonyl (C=O) groups excluding carboxylic acids is 2. The highest BCUT2D eigenvalue weighted by Crippen LogP contribution is 2.59. The van der Waals surface area contributed by atoms with Crippen molar-refractivity contribution in [2.24, 2.45) is 11.8 Å². The summed E-state index contributed by atoms with van der Waals surface area (Å²) in [7, 11) is 0. The molecule has 1 aromatic rings. The number of fused-ring (bicyclic) bond motifs is 1. The molecule has 0 aromatic heterocycles. The fourth-order valence-corrected chi connectivity index (χ4v) is 6.49. The largest absolute Gasteiger partial charge is 0.481 e. The third-order valence-corrected chi connectivity index (χ3v) is 8.20. The summed E-state index contributed by atoms with van der Waals surface area (Å²) in [5, 5.41) is 20.0. The summed E-state index contributed by atoms with van der Waals surface area (Å²) in [4.78, 5) is 45.4. The molecule has 0 aliphatic carbocycles. The summed E-state index contributed by atoms with van der Waals surface area (Å²) < 4.78 is 6.27. The molecule has 0 saturated carbocycles. The van der Waals surface area contributed by atoms with Gasteiger partial charge < -0.3 is 29.6 Å². The molecule has 3 aliphatic rings. The number of anilines is 2. The molecule has 1 aromatic carbocycles. The zero-order valence-corrected chi connectivity index (χ0v) is 21.3. The average molecular weight is 500 g/mol. The molecule has 9 nitrogen and oxygen atoms in total. The number of aliphatic hydroxyl groups is 1. The number of aliphatic carboxylic acids is 1. The van der Waals surface area contributed by atoms with Gasteiger partial charge in [0.1, 0.15) is 11.6 Å². The maximum atomic E-state index is 14.3. The van der Waals surface area contributed by atoms with Crippen molar-refractivity contribution in [3.63, 3.8) is 0 Å². The number of carboxylic acid groups (broad SMARTS) is 1. The minimum Gasteiger partial charge on any atom is -0.481 e. The highest BCUT2D eigenvalue weighted by molar-refractivity contribution is 6.04. The van der Waals surface area contributed by atoms with Crippen LogP contribution in [-0.4, -0.2) is 82.9 Å². The quantitative estimate of drug-likeness (QED) is 0.450. The topological polar surface area (TPSA) is 111 Å². The molecule has 3 fully saturated rings. The Morgan fingerprint density at radius 1 is 1.22 bits per heavy atom. The van der Waals surface area contributed by atoms with E-state index in [4.69, 9.17) is 4.74 Å². The van der Waals surface area contributed by atoms with Crippen LogP contribution in [-0.2, 0) is 19.1 Å². The molecular formula is C27H37N3O6. The molecule has 3 saturated heterocycles. The zero-order chi connectivity index (χ0) is 26.2. The van der Waals surface area contributed by atoms with Gasteiger partial charge in [0, 0.05) is 31.0 Å². The predicted molar refractivity (Wildman–Crippen MR) is 136 cm³/mol. The molecule has 3 heterocycles. The highest BCUT2D eigenvalue weighted by Gasteiger charge is 2.75. The van der Waals surface area contributed by atoms with E-state index in [9.17, 15) is 24.6 Å². The van der Waals surface area contributed by atoms with Crippen molar-refractivity contribution < 1.29 is 29.3 Å².